The standard InChI is InChI=1S/C20H28FNO3/c1-18(2,3)25-17(23)19-7-9-20(22,10-8-19)15(12-19)14-11-13(21)5-6-16(14)24-4/h5-6,11,15H,7-10,12,22H2,1-4H3. The van der Waals surface area contributed by atoms with Gasteiger partial charge in [-0.2, -0.15) is 0 Å². The van der Waals surface area contributed by atoms with Gasteiger partial charge in [0.2, 0.25) is 0 Å². The number of esters is 1. The quantitative estimate of drug-likeness (QED) is 0.840. The van der Waals surface area contributed by atoms with Gasteiger partial charge in [-0.05, 0) is 71.1 Å². The fraction of sp³-hybridized carbons (Fsp3) is 0.650. The van der Waals surface area contributed by atoms with Crippen LogP contribution in [0.4, 0.5) is 4.39 Å². The van der Waals surface area contributed by atoms with Crippen molar-refractivity contribution in [3.05, 3.63) is 29.6 Å². The Morgan fingerprint density at radius 1 is 1.24 bits per heavy atom. The van der Waals surface area contributed by atoms with E-state index < -0.39 is 16.6 Å². The van der Waals surface area contributed by atoms with Crippen LogP contribution in [0.1, 0.15) is 64.4 Å². The molecule has 3 fully saturated rings. The van der Waals surface area contributed by atoms with E-state index in [0.29, 0.717) is 12.2 Å². The molecule has 3 saturated carbocycles. The first-order valence-corrected chi connectivity index (χ1v) is 8.94. The number of carbonyl (C=O) groups is 1. The van der Waals surface area contributed by atoms with E-state index in [-0.39, 0.29) is 17.7 Å². The molecule has 3 aliphatic carbocycles. The van der Waals surface area contributed by atoms with Crippen molar-refractivity contribution in [1.29, 1.82) is 0 Å². The van der Waals surface area contributed by atoms with Gasteiger partial charge in [-0.25, -0.2) is 4.39 Å². The maximum Gasteiger partial charge on any atom is 0.312 e. The van der Waals surface area contributed by atoms with Crippen molar-refractivity contribution in [2.24, 2.45) is 11.1 Å². The molecular weight excluding hydrogens is 321 g/mol. The first-order chi connectivity index (χ1) is 11.6. The second kappa shape index (κ2) is 5.97. The van der Waals surface area contributed by atoms with Crippen LogP contribution in [0.2, 0.25) is 0 Å². The summed E-state index contributed by atoms with van der Waals surface area (Å²) in [6.07, 6.45) is 3.50. The van der Waals surface area contributed by atoms with Crippen molar-refractivity contribution in [2.75, 3.05) is 7.11 Å². The lowest BCUT2D eigenvalue weighted by atomic mass is 9.51. The molecule has 25 heavy (non-hydrogen) atoms. The van der Waals surface area contributed by atoms with Gasteiger partial charge in [0.25, 0.3) is 0 Å². The highest BCUT2D eigenvalue weighted by Gasteiger charge is 2.57. The summed E-state index contributed by atoms with van der Waals surface area (Å²) in [6, 6.07) is 4.52. The molecule has 0 radical (unpaired) electrons. The Balaban J connectivity index is 1.97. The number of carbonyl (C=O) groups excluding carboxylic acids is 1. The molecule has 2 bridgehead atoms. The van der Waals surface area contributed by atoms with Gasteiger partial charge < -0.3 is 15.2 Å². The van der Waals surface area contributed by atoms with Crippen LogP contribution in [0.3, 0.4) is 0 Å². The SMILES string of the molecule is COc1ccc(F)cc1C1CC2(C(=O)OC(C)(C)C)CCC1(N)CC2. The highest BCUT2D eigenvalue weighted by molar-refractivity contribution is 5.78. The number of rotatable bonds is 3. The number of halogens is 1. The largest absolute Gasteiger partial charge is 0.496 e. The molecule has 138 valence electrons. The van der Waals surface area contributed by atoms with Gasteiger partial charge in [0.1, 0.15) is 17.2 Å². The molecule has 1 atom stereocenters. The van der Waals surface area contributed by atoms with Crippen LogP contribution in [0.15, 0.2) is 18.2 Å². The van der Waals surface area contributed by atoms with E-state index in [1.54, 1.807) is 13.2 Å². The molecule has 3 aliphatic rings. The molecule has 0 heterocycles. The van der Waals surface area contributed by atoms with Crippen LogP contribution in [0.5, 0.6) is 5.75 Å². The van der Waals surface area contributed by atoms with Crippen LogP contribution in [-0.4, -0.2) is 24.2 Å². The minimum Gasteiger partial charge on any atom is -0.496 e. The Labute approximate surface area is 148 Å². The number of hydrogen-bond donors (Lipinski definition) is 1. The summed E-state index contributed by atoms with van der Waals surface area (Å²) in [4.78, 5) is 12.9. The monoisotopic (exact) mass is 349 g/mol. The van der Waals surface area contributed by atoms with Crippen molar-refractivity contribution < 1.29 is 18.7 Å². The molecule has 0 saturated heterocycles. The molecule has 0 aromatic heterocycles. The van der Waals surface area contributed by atoms with Gasteiger partial charge in [-0.3, -0.25) is 4.79 Å². The minimum absolute atomic E-state index is 0.117. The smallest absolute Gasteiger partial charge is 0.312 e. The van der Waals surface area contributed by atoms with Gasteiger partial charge in [-0.1, -0.05) is 0 Å². The third kappa shape index (κ3) is 3.26. The number of fused-ring (bicyclic) bond motifs is 3. The van der Waals surface area contributed by atoms with Gasteiger partial charge in [0, 0.05) is 17.0 Å². The Morgan fingerprint density at radius 3 is 2.44 bits per heavy atom. The molecular formula is C20H28FNO3. The molecule has 1 aromatic rings. The number of benzene rings is 1. The lowest BCUT2D eigenvalue weighted by molar-refractivity contribution is -0.175. The van der Waals surface area contributed by atoms with E-state index in [1.807, 2.05) is 20.8 Å². The van der Waals surface area contributed by atoms with E-state index in [9.17, 15) is 9.18 Å². The summed E-state index contributed by atoms with van der Waals surface area (Å²) >= 11 is 0. The molecule has 0 spiro atoms. The summed E-state index contributed by atoms with van der Waals surface area (Å²) in [7, 11) is 1.57. The average molecular weight is 349 g/mol. The average Bonchev–Trinajstić information content (AvgIpc) is 2.53. The third-order valence-electron chi connectivity index (χ3n) is 5.83. The summed E-state index contributed by atoms with van der Waals surface area (Å²) < 4.78 is 25.0. The van der Waals surface area contributed by atoms with Crippen molar-refractivity contribution in [2.45, 2.75) is 69.9 Å². The zero-order valence-corrected chi connectivity index (χ0v) is 15.5. The predicted octanol–water partition coefficient (Wildman–Crippen LogP) is 3.92. The predicted molar refractivity (Wildman–Crippen MR) is 94.0 cm³/mol. The first-order valence-electron chi connectivity index (χ1n) is 8.94. The summed E-state index contributed by atoms with van der Waals surface area (Å²) in [6.45, 7) is 5.65. The van der Waals surface area contributed by atoms with E-state index >= 15 is 0 Å². The van der Waals surface area contributed by atoms with Crippen molar-refractivity contribution in [3.63, 3.8) is 0 Å². The number of ether oxygens (including phenoxy) is 2. The van der Waals surface area contributed by atoms with Gasteiger partial charge in [0.15, 0.2) is 0 Å². The Morgan fingerprint density at radius 2 is 1.88 bits per heavy atom. The number of methoxy groups -OCH3 is 1. The van der Waals surface area contributed by atoms with Crippen LogP contribution in [0, 0.1) is 11.2 Å². The lowest BCUT2D eigenvalue weighted by Gasteiger charge is -2.55. The Kier molecular flexibility index (Phi) is 4.34. The van der Waals surface area contributed by atoms with E-state index in [1.165, 1.54) is 12.1 Å². The van der Waals surface area contributed by atoms with Crippen LogP contribution >= 0.6 is 0 Å². The van der Waals surface area contributed by atoms with E-state index in [0.717, 1.165) is 31.2 Å². The van der Waals surface area contributed by atoms with Gasteiger partial charge >= 0.3 is 5.97 Å². The highest BCUT2D eigenvalue weighted by Crippen LogP contribution is 2.59. The maximum atomic E-state index is 13.9. The molecule has 4 rings (SSSR count). The van der Waals surface area contributed by atoms with E-state index in [4.69, 9.17) is 15.2 Å². The van der Waals surface area contributed by atoms with Crippen molar-refractivity contribution in [3.8, 4) is 5.75 Å². The molecule has 5 heteroatoms. The normalized spacial score (nSPS) is 31.7. The molecule has 1 aromatic carbocycles. The van der Waals surface area contributed by atoms with Crippen molar-refractivity contribution in [1.82, 2.24) is 0 Å². The fourth-order valence-corrected chi connectivity index (χ4v) is 4.41. The molecule has 1 unspecified atom stereocenters. The maximum absolute atomic E-state index is 13.9. The number of nitrogens with two attached hydrogens (primary N) is 1. The third-order valence-corrected chi connectivity index (χ3v) is 5.83. The highest BCUT2D eigenvalue weighted by atomic mass is 19.1. The van der Waals surface area contributed by atoms with Crippen LogP contribution < -0.4 is 10.5 Å². The zero-order chi connectivity index (χ0) is 18.5. The molecule has 0 amide bonds. The van der Waals surface area contributed by atoms with E-state index in [2.05, 4.69) is 0 Å². The summed E-state index contributed by atoms with van der Waals surface area (Å²) in [5.74, 6) is 0.0468. The molecule has 4 nitrogen and oxygen atoms in total. The zero-order valence-electron chi connectivity index (χ0n) is 15.5. The van der Waals surface area contributed by atoms with Crippen molar-refractivity contribution >= 4 is 5.97 Å². The van der Waals surface area contributed by atoms with Gasteiger partial charge in [-0.15, -0.1) is 0 Å². The minimum atomic E-state index is -0.531. The van der Waals surface area contributed by atoms with Crippen LogP contribution in [-0.2, 0) is 9.53 Å². The second-order valence-electron chi connectivity index (χ2n) is 8.66. The molecule has 2 N–H and O–H groups in total. The summed E-state index contributed by atoms with van der Waals surface area (Å²) in [5.41, 5.74) is 5.99. The Bertz CT molecular complexity index is 672. The van der Waals surface area contributed by atoms with Crippen LogP contribution in [0.25, 0.3) is 0 Å². The lowest BCUT2D eigenvalue weighted by Crippen LogP contribution is -2.59. The Hall–Kier alpha value is -1.62. The topological polar surface area (TPSA) is 61.5 Å². The first kappa shape index (κ1) is 18.2. The fourth-order valence-electron chi connectivity index (χ4n) is 4.41. The number of hydrogen-bond acceptors (Lipinski definition) is 4. The second-order valence-corrected chi connectivity index (χ2v) is 8.66. The molecule has 0 aliphatic heterocycles. The van der Waals surface area contributed by atoms with Gasteiger partial charge in [0.05, 0.1) is 12.5 Å². The summed E-state index contributed by atoms with van der Waals surface area (Å²) in [5, 5.41) is 0.